The van der Waals surface area contributed by atoms with Gasteiger partial charge in [0.15, 0.2) is 0 Å². The third-order valence-corrected chi connectivity index (χ3v) is 25.2. The zero-order valence-corrected chi connectivity index (χ0v) is 20.5. The van der Waals surface area contributed by atoms with Crippen molar-refractivity contribution in [2.75, 3.05) is 0 Å². The van der Waals surface area contributed by atoms with Crippen LogP contribution in [0.4, 0.5) is 0 Å². The first-order valence-corrected chi connectivity index (χ1v) is 18.4. The van der Waals surface area contributed by atoms with Crippen LogP contribution in [0, 0.1) is 2.88 Å². The molecule has 0 N–H and O–H groups in total. The Morgan fingerprint density at radius 1 is 1.05 bits per heavy atom. The van der Waals surface area contributed by atoms with Gasteiger partial charge in [0, 0.05) is 0 Å². The van der Waals surface area contributed by atoms with Crippen molar-refractivity contribution in [1.82, 2.24) is 0 Å². The Labute approximate surface area is 160 Å². The molecule has 126 valence electrons. The average molecular weight is 539 g/mol. The van der Waals surface area contributed by atoms with Crippen LogP contribution < -0.4 is 2.89 Å². The van der Waals surface area contributed by atoms with E-state index in [1.165, 1.54) is 41.4 Å². The molecule has 1 aromatic rings. The Morgan fingerprint density at radius 2 is 1.55 bits per heavy atom. The average Bonchev–Trinajstić information content (AvgIpc) is 2.89. The van der Waals surface area contributed by atoms with E-state index >= 15 is 0 Å². The summed E-state index contributed by atoms with van der Waals surface area (Å²) in [7, 11) is 0. The fourth-order valence-electron chi connectivity index (χ4n) is 3.25. The topological polar surface area (TPSA) is 0 Å². The van der Waals surface area contributed by atoms with Crippen molar-refractivity contribution in [2.24, 2.45) is 0 Å². The first-order chi connectivity index (χ1) is 10.6. The Kier molecular flexibility index (Phi) is 11.0. The standard InChI is InChI=1S/C7H6IS.3C4H9.Sn/c1-2-3-6-4-5-9-7(6)8;3*1-3-4-2;/h2,4H,1,3H2;3*1,3-4H2,2H3;. The van der Waals surface area contributed by atoms with Gasteiger partial charge in [-0.05, 0) is 0 Å². The molecule has 0 saturated carbocycles. The fourth-order valence-corrected chi connectivity index (χ4v) is 26.2. The molecule has 0 aliphatic rings. The number of unbranched alkanes of at least 4 members (excludes halogenated alkanes) is 3. The summed E-state index contributed by atoms with van der Waals surface area (Å²) < 4.78 is 8.13. The number of hydrogen-bond acceptors (Lipinski definition) is 1. The van der Waals surface area contributed by atoms with Crippen molar-refractivity contribution in [2.45, 2.75) is 79.0 Å². The molecule has 0 bridgehead atoms. The van der Waals surface area contributed by atoms with Crippen molar-refractivity contribution in [3.63, 3.8) is 0 Å². The summed E-state index contributed by atoms with van der Waals surface area (Å²) in [4.78, 5) is 0. The summed E-state index contributed by atoms with van der Waals surface area (Å²) in [5.41, 5.74) is 1.54. The monoisotopic (exact) mass is 540 g/mol. The molecule has 1 heterocycles. The molecule has 1 rings (SSSR count). The molecule has 0 spiro atoms. The second-order valence-corrected chi connectivity index (χ2v) is 23.5. The molecular weight excluding hydrogens is 506 g/mol. The third-order valence-electron chi connectivity index (χ3n) is 4.67. The van der Waals surface area contributed by atoms with Gasteiger partial charge in [-0.1, -0.05) is 0 Å². The van der Waals surface area contributed by atoms with Crippen molar-refractivity contribution in [3.05, 3.63) is 27.2 Å². The van der Waals surface area contributed by atoms with E-state index in [2.05, 4.69) is 73.4 Å². The number of halogens is 1. The van der Waals surface area contributed by atoms with Gasteiger partial charge in [0.1, 0.15) is 0 Å². The van der Waals surface area contributed by atoms with Gasteiger partial charge in [0.25, 0.3) is 0 Å². The summed E-state index contributed by atoms with van der Waals surface area (Å²) in [6, 6.07) is 2.60. The molecule has 0 radical (unpaired) electrons. The molecule has 0 saturated heterocycles. The second-order valence-electron chi connectivity index (χ2n) is 6.49. The molecule has 0 fully saturated rings. The number of allylic oxidation sites excluding steroid dienone is 1. The fraction of sp³-hybridized carbons (Fsp3) is 0.684. The summed E-state index contributed by atoms with van der Waals surface area (Å²) in [5.74, 6) is 0. The van der Waals surface area contributed by atoms with E-state index in [1.807, 2.05) is 2.89 Å². The van der Waals surface area contributed by atoms with Gasteiger partial charge in [-0.3, -0.25) is 0 Å². The Morgan fingerprint density at radius 3 is 1.95 bits per heavy atom. The van der Waals surface area contributed by atoms with Crippen LogP contribution in [0.2, 0.25) is 13.3 Å². The van der Waals surface area contributed by atoms with Crippen molar-refractivity contribution in [3.8, 4) is 0 Å². The van der Waals surface area contributed by atoms with Gasteiger partial charge >= 0.3 is 161 Å². The Balaban J connectivity index is 3.12. The van der Waals surface area contributed by atoms with E-state index < -0.39 is 18.4 Å². The minimum absolute atomic E-state index is 1.05. The van der Waals surface area contributed by atoms with Gasteiger partial charge in [-0.25, -0.2) is 0 Å². The molecular formula is C19H33ISSn. The maximum atomic E-state index is 3.94. The summed E-state index contributed by atoms with van der Waals surface area (Å²) in [6.07, 6.45) is 11.6. The van der Waals surface area contributed by atoms with Crippen LogP contribution in [0.1, 0.15) is 64.9 Å². The summed E-state index contributed by atoms with van der Waals surface area (Å²) in [6.45, 7) is 11.0. The van der Waals surface area contributed by atoms with Gasteiger partial charge in [-0.2, -0.15) is 0 Å². The van der Waals surface area contributed by atoms with Gasteiger partial charge < -0.3 is 0 Å². The quantitative estimate of drug-likeness (QED) is 0.151. The van der Waals surface area contributed by atoms with Crippen LogP contribution in [0.25, 0.3) is 0 Å². The molecule has 0 aliphatic carbocycles. The SMILES string of the molecule is C=CCc1c[c]([Sn]([CH2]CCC)([CH2]CCC)[CH2]CCC)sc1I. The Bertz CT molecular complexity index is 417. The first-order valence-electron chi connectivity index (χ1n) is 9.03. The summed E-state index contributed by atoms with van der Waals surface area (Å²) in [5, 5.41) is 0. The molecule has 0 atom stereocenters. The molecule has 0 aliphatic heterocycles. The van der Waals surface area contributed by atoms with E-state index in [1.54, 1.807) is 18.9 Å². The Hall–Kier alpha value is 0.969. The van der Waals surface area contributed by atoms with Crippen LogP contribution >= 0.6 is 33.9 Å². The predicted octanol–water partition coefficient (Wildman–Crippen LogP) is 7.14. The molecule has 0 aromatic carbocycles. The number of thiophene rings is 1. The van der Waals surface area contributed by atoms with E-state index in [0.29, 0.717) is 0 Å². The van der Waals surface area contributed by atoms with Crippen molar-refractivity contribution in [1.29, 1.82) is 0 Å². The summed E-state index contributed by atoms with van der Waals surface area (Å²) >= 11 is 2.53. The number of hydrogen-bond donors (Lipinski definition) is 0. The molecule has 0 amide bonds. The number of rotatable bonds is 12. The third kappa shape index (κ3) is 6.12. The van der Waals surface area contributed by atoms with Gasteiger partial charge in [0.05, 0.1) is 0 Å². The molecule has 3 heteroatoms. The van der Waals surface area contributed by atoms with Crippen LogP contribution in [-0.4, -0.2) is 18.4 Å². The van der Waals surface area contributed by atoms with E-state index in [9.17, 15) is 0 Å². The molecule has 22 heavy (non-hydrogen) atoms. The van der Waals surface area contributed by atoms with Crippen LogP contribution in [0.3, 0.4) is 0 Å². The first kappa shape index (κ1) is 21.0. The zero-order chi connectivity index (χ0) is 16.4. The van der Waals surface area contributed by atoms with Crippen molar-refractivity contribution >= 4 is 55.2 Å². The normalized spacial score (nSPS) is 11.8. The van der Waals surface area contributed by atoms with E-state index in [0.717, 1.165) is 6.42 Å². The van der Waals surface area contributed by atoms with Gasteiger partial charge in [-0.15, -0.1) is 0 Å². The molecule has 1 aromatic heterocycles. The van der Waals surface area contributed by atoms with E-state index in [4.69, 9.17) is 0 Å². The van der Waals surface area contributed by atoms with E-state index in [-0.39, 0.29) is 0 Å². The van der Waals surface area contributed by atoms with Crippen LogP contribution in [0.15, 0.2) is 18.7 Å². The maximum absolute atomic E-state index is 3.94. The predicted molar refractivity (Wildman–Crippen MR) is 115 cm³/mol. The van der Waals surface area contributed by atoms with Gasteiger partial charge in [0.2, 0.25) is 0 Å². The second kappa shape index (κ2) is 11.5. The minimum atomic E-state index is -2.18. The van der Waals surface area contributed by atoms with Crippen LogP contribution in [-0.2, 0) is 6.42 Å². The molecule has 0 unspecified atom stereocenters. The zero-order valence-electron chi connectivity index (χ0n) is 14.7. The van der Waals surface area contributed by atoms with Crippen molar-refractivity contribution < 1.29 is 0 Å². The molecule has 0 nitrogen and oxygen atoms in total. The van der Waals surface area contributed by atoms with Crippen LogP contribution in [0.5, 0.6) is 0 Å².